The van der Waals surface area contributed by atoms with Gasteiger partial charge in [0.05, 0.1) is 15.5 Å². The highest BCUT2D eigenvalue weighted by Crippen LogP contribution is 2.26. The molecule has 0 saturated carbocycles. The summed E-state index contributed by atoms with van der Waals surface area (Å²) in [7, 11) is 0. The van der Waals surface area contributed by atoms with Gasteiger partial charge in [-0.15, -0.1) is 0 Å². The van der Waals surface area contributed by atoms with Crippen molar-refractivity contribution in [1.82, 2.24) is 4.98 Å². The number of rotatable bonds is 6. The van der Waals surface area contributed by atoms with Gasteiger partial charge < -0.3 is 10.4 Å². The molecule has 7 heteroatoms. The molecule has 0 aliphatic carbocycles. The Balaban J connectivity index is 2.88. The zero-order valence-electron chi connectivity index (χ0n) is 10.3. The van der Waals surface area contributed by atoms with Gasteiger partial charge in [0.1, 0.15) is 0 Å². The van der Waals surface area contributed by atoms with Gasteiger partial charge >= 0.3 is 5.69 Å². The molecule has 0 aliphatic rings. The Kier molecular flexibility index (Phi) is 4.86. The van der Waals surface area contributed by atoms with E-state index < -0.39 is 10.5 Å². The fourth-order valence-corrected chi connectivity index (χ4v) is 1.60. The molecule has 18 heavy (non-hydrogen) atoms. The molecule has 1 aromatic rings. The second kappa shape index (κ2) is 5.97. The standard InChI is InChI=1S/C11H16ClN3O3/c1-3-11(16,4-2)7-14-10-9(15(17)18)5-8(12)6-13-10/h5-6,16H,3-4,7H2,1-2H3,(H,13,14). The van der Waals surface area contributed by atoms with E-state index in [1.807, 2.05) is 13.8 Å². The molecule has 1 aromatic heterocycles. The smallest absolute Gasteiger partial charge is 0.312 e. The van der Waals surface area contributed by atoms with Gasteiger partial charge in [-0.2, -0.15) is 0 Å². The molecule has 0 aromatic carbocycles. The van der Waals surface area contributed by atoms with Crippen molar-refractivity contribution >= 4 is 23.1 Å². The molecule has 6 nitrogen and oxygen atoms in total. The van der Waals surface area contributed by atoms with E-state index in [2.05, 4.69) is 10.3 Å². The van der Waals surface area contributed by atoms with Crippen molar-refractivity contribution in [2.75, 3.05) is 11.9 Å². The average Bonchev–Trinajstić information content (AvgIpc) is 2.36. The fourth-order valence-electron chi connectivity index (χ4n) is 1.45. The van der Waals surface area contributed by atoms with Gasteiger partial charge in [0, 0.05) is 18.8 Å². The monoisotopic (exact) mass is 273 g/mol. The lowest BCUT2D eigenvalue weighted by molar-refractivity contribution is -0.384. The van der Waals surface area contributed by atoms with Gasteiger partial charge in [0.2, 0.25) is 5.82 Å². The molecule has 0 radical (unpaired) electrons. The number of nitrogens with one attached hydrogen (secondary N) is 1. The first kappa shape index (κ1) is 14.7. The SMILES string of the molecule is CCC(O)(CC)CNc1ncc(Cl)cc1[N+](=O)[O-]. The molecule has 0 unspecified atom stereocenters. The maximum atomic E-state index is 10.8. The average molecular weight is 274 g/mol. The zero-order chi connectivity index (χ0) is 13.8. The first-order valence-corrected chi connectivity index (χ1v) is 6.06. The third-order valence-corrected chi connectivity index (χ3v) is 3.14. The lowest BCUT2D eigenvalue weighted by Crippen LogP contribution is -2.35. The molecule has 0 saturated heterocycles. The first-order valence-electron chi connectivity index (χ1n) is 5.68. The molecule has 0 amide bonds. The normalized spacial score (nSPS) is 11.3. The van der Waals surface area contributed by atoms with Crippen molar-refractivity contribution in [3.63, 3.8) is 0 Å². The summed E-state index contributed by atoms with van der Waals surface area (Å²) in [6, 6.07) is 1.23. The van der Waals surface area contributed by atoms with Gasteiger partial charge in [0.25, 0.3) is 0 Å². The number of nitrogens with zero attached hydrogens (tertiary/aromatic N) is 2. The summed E-state index contributed by atoms with van der Waals surface area (Å²) < 4.78 is 0. The Bertz CT molecular complexity index is 436. The highest BCUT2D eigenvalue weighted by molar-refractivity contribution is 6.30. The minimum absolute atomic E-state index is 0.115. The van der Waals surface area contributed by atoms with E-state index in [0.29, 0.717) is 12.8 Å². The van der Waals surface area contributed by atoms with Crippen LogP contribution in [0.4, 0.5) is 11.5 Å². The molecule has 1 heterocycles. The maximum Gasteiger partial charge on any atom is 0.312 e. The summed E-state index contributed by atoms with van der Waals surface area (Å²) in [6.45, 7) is 3.92. The van der Waals surface area contributed by atoms with Crippen LogP contribution in [0, 0.1) is 10.1 Å². The molecule has 2 N–H and O–H groups in total. The van der Waals surface area contributed by atoms with Crippen LogP contribution in [-0.2, 0) is 0 Å². The number of halogens is 1. The Morgan fingerprint density at radius 3 is 2.67 bits per heavy atom. The Hall–Kier alpha value is -1.40. The largest absolute Gasteiger partial charge is 0.388 e. The zero-order valence-corrected chi connectivity index (χ0v) is 11.1. The van der Waals surface area contributed by atoms with Crippen LogP contribution in [0.1, 0.15) is 26.7 Å². The van der Waals surface area contributed by atoms with Crippen molar-refractivity contribution < 1.29 is 10.0 Å². The number of aliphatic hydroxyl groups is 1. The predicted molar refractivity (Wildman–Crippen MR) is 69.9 cm³/mol. The Morgan fingerprint density at radius 1 is 1.56 bits per heavy atom. The fraction of sp³-hybridized carbons (Fsp3) is 0.545. The number of anilines is 1. The van der Waals surface area contributed by atoms with Crippen LogP contribution in [0.5, 0.6) is 0 Å². The van der Waals surface area contributed by atoms with E-state index in [1.165, 1.54) is 12.3 Å². The van der Waals surface area contributed by atoms with Gasteiger partial charge in [-0.1, -0.05) is 25.4 Å². The van der Waals surface area contributed by atoms with Crippen LogP contribution >= 0.6 is 11.6 Å². The van der Waals surface area contributed by atoms with Crippen molar-refractivity contribution in [3.05, 3.63) is 27.4 Å². The highest BCUT2D eigenvalue weighted by atomic mass is 35.5. The first-order chi connectivity index (χ1) is 8.41. The summed E-state index contributed by atoms with van der Waals surface area (Å²) in [5, 5.41) is 23.9. The molecule has 0 fully saturated rings. The molecule has 100 valence electrons. The number of hydrogen-bond acceptors (Lipinski definition) is 5. The molecule has 0 aliphatic heterocycles. The Morgan fingerprint density at radius 2 is 2.17 bits per heavy atom. The van der Waals surface area contributed by atoms with Crippen LogP contribution in [0.25, 0.3) is 0 Å². The van der Waals surface area contributed by atoms with E-state index in [0.717, 1.165) is 0 Å². The molecular weight excluding hydrogens is 258 g/mol. The van der Waals surface area contributed by atoms with E-state index in [4.69, 9.17) is 11.6 Å². The van der Waals surface area contributed by atoms with Crippen molar-refractivity contribution in [2.24, 2.45) is 0 Å². The lowest BCUT2D eigenvalue weighted by atomic mass is 9.98. The van der Waals surface area contributed by atoms with Crippen LogP contribution < -0.4 is 5.32 Å². The second-order valence-corrected chi connectivity index (χ2v) is 4.50. The number of nitro groups is 1. The number of pyridine rings is 1. The maximum absolute atomic E-state index is 10.8. The molecule has 0 bridgehead atoms. The summed E-state index contributed by atoms with van der Waals surface area (Å²) >= 11 is 5.66. The van der Waals surface area contributed by atoms with Gasteiger partial charge in [0.15, 0.2) is 0 Å². The minimum Gasteiger partial charge on any atom is -0.388 e. The van der Waals surface area contributed by atoms with E-state index >= 15 is 0 Å². The van der Waals surface area contributed by atoms with E-state index in [-0.39, 0.29) is 23.1 Å². The van der Waals surface area contributed by atoms with E-state index in [1.54, 1.807) is 0 Å². The summed E-state index contributed by atoms with van der Waals surface area (Å²) in [4.78, 5) is 14.2. The summed E-state index contributed by atoms with van der Waals surface area (Å²) in [6.07, 6.45) is 2.43. The van der Waals surface area contributed by atoms with Gasteiger partial charge in [-0.25, -0.2) is 4.98 Å². The van der Waals surface area contributed by atoms with Crippen LogP contribution in [0.2, 0.25) is 5.02 Å². The number of aromatic nitrogens is 1. The van der Waals surface area contributed by atoms with Crippen LogP contribution in [0.15, 0.2) is 12.3 Å². The van der Waals surface area contributed by atoms with Crippen molar-refractivity contribution in [1.29, 1.82) is 0 Å². The van der Waals surface area contributed by atoms with Crippen molar-refractivity contribution in [3.8, 4) is 0 Å². The van der Waals surface area contributed by atoms with Crippen LogP contribution in [0.3, 0.4) is 0 Å². The third kappa shape index (κ3) is 3.54. The molecular formula is C11H16ClN3O3. The highest BCUT2D eigenvalue weighted by Gasteiger charge is 2.24. The molecule has 0 atom stereocenters. The topological polar surface area (TPSA) is 88.3 Å². The molecule has 1 rings (SSSR count). The molecule has 0 spiro atoms. The Labute approximate surface area is 110 Å². The third-order valence-electron chi connectivity index (χ3n) is 2.93. The second-order valence-electron chi connectivity index (χ2n) is 4.06. The lowest BCUT2D eigenvalue weighted by Gasteiger charge is -2.25. The van der Waals surface area contributed by atoms with Gasteiger partial charge in [-0.05, 0) is 12.8 Å². The van der Waals surface area contributed by atoms with E-state index in [9.17, 15) is 15.2 Å². The summed E-state index contributed by atoms with van der Waals surface area (Å²) in [5.74, 6) is 0.115. The van der Waals surface area contributed by atoms with Crippen LogP contribution in [-0.4, -0.2) is 27.2 Å². The quantitative estimate of drug-likeness (QED) is 0.614. The van der Waals surface area contributed by atoms with Gasteiger partial charge in [-0.3, -0.25) is 10.1 Å². The predicted octanol–water partition coefficient (Wildman–Crippen LogP) is 2.61. The number of hydrogen-bond donors (Lipinski definition) is 2. The minimum atomic E-state index is -0.894. The summed E-state index contributed by atoms with van der Waals surface area (Å²) in [5.41, 5.74) is -1.09. The van der Waals surface area contributed by atoms with Crippen molar-refractivity contribution in [2.45, 2.75) is 32.3 Å².